The predicted octanol–water partition coefficient (Wildman–Crippen LogP) is 3.23. The highest BCUT2D eigenvalue weighted by Crippen LogP contribution is 2.28. The third-order valence-electron chi connectivity index (χ3n) is 4.79. The van der Waals surface area contributed by atoms with Crippen molar-refractivity contribution < 1.29 is 9.90 Å². The molecule has 2 N–H and O–H groups in total. The Kier molecular flexibility index (Phi) is 6.73. The maximum absolute atomic E-state index is 13.4. The second-order valence-electron chi connectivity index (χ2n) is 6.50. The summed E-state index contributed by atoms with van der Waals surface area (Å²) in [6.07, 6.45) is 1.42. The van der Waals surface area contributed by atoms with Gasteiger partial charge in [0, 0.05) is 17.8 Å². The normalized spacial score (nSPS) is 13.5. The van der Waals surface area contributed by atoms with E-state index in [1.165, 1.54) is 0 Å². The molecule has 0 amide bonds. The highest BCUT2D eigenvalue weighted by Gasteiger charge is 2.39. The molecule has 1 atom stereocenters. The van der Waals surface area contributed by atoms with Crippen molar-refractivity contribution in [1.82, 2.24) is 4.90 Å². The van der Waals surface area contributed by atoms with Crippen molar-refractivity contribution in [3.8, 4) is 0 Å². The summed E-state index contributed by atoms with van der Waals surface area (Å²) in [7, 11) is 3.95. The van der Waals surface area contributed by atoms with E-state index in [0.717, 1.165) is 17.7 Å². The van der Waals surface area contributed by atoms with E-state index in [-0.39, 0.29) is 12.4 Å². The number of rotatable bonds is 9. The molecule has 0 saturated carbocycles. The summed E-state index contributed by atoms with van der Waals surface area (Å²) in [5.74, 6) is 0.137. The Balaban J connectivity index is 2.29. The van der Waals surface area contributed by atoms with Crippen molar-refractivity contribution in [2.45, 2.75) is 25.3 Å². The molecule has 0 saturated heterocycles. The largest absolute Gasteiger partial charge is 0.395 e. The first-order valence-electron chi connectivity index (χ1n) is 8.74. The van der Waals surface area contributed by atoms with Crippen LogP contribution in [-0.4, -0.2) is 48.6 Å². The zero-order chi connectivity index (χ0) is 18.3. The minimum atomic E-state index is -0.568. The van der Waals surface area contributed by atoms with E-state index in [4.69, 9.17) is 5.11 Å². The second-order valence-corrected chi connectivity index (χ2v) is 6.50. The summed E-state index contributed by atoms with van der Waals surface area (Å²) in [6.45, 7) is 2.65. The van der Waals surface area contributed by atoms with Gasteiger partial charge in [0.2, 0.25) is 0 Å². The Morgan fingerprint density at radius 3 is 2.24 bits per heavy atom. The molecule has 0 fully saturated rings. The van der Waals surface area contributed by atoms with Gasteiger partial charge in [0.15, 0.2) is 5.78 Å². The first kappa shape index (κ1) is 19.2. The van der Waals surface area contributed by atoms with Gasteiger partial charge >= 0.3 is 0 Å². The lowest BCUT2D eigenvalue weighted by Crippen LogP contribution is -2.52. The number of nitrogens with one attached hydrogen (secondary N) is 1. The zero-order valence-electron chi connectivity index (χ0n) is 15.3. The van der Waals surface area contributed by atoms with Crippen molar-refractivity contribution in [3.63, 3.8) is 0 Å². The molecule has 134 valence electrons. The van der Waals surface area contributed by atoms with Crippen molar-refractivity contribution in [2.24, 2.45) is 0 Å². The summed E-state index contributed by atoms with van der Waals surface area (Å²) in [6, 6.07) is 17.7. The highest BCUT2D eigenvalue weighted by molar-refractivity contribution is 6.03. The lowest BCUT2D eigenvalue weighted by Gasteiger charge is -2.38. The van der Waals surface area contributed by atoms with Crippen LogP contribution in [0, 0.1) is 0 Å². The maximum Gasteiger partial charge on any atom is 0.183 e. The van der Waals surface area contributed by atoms with Crippen molar-refractivity contribution in [3.05, 3.63) is 65.7 Å². The molecule has 0 aliphatic rings. The van der Waals surface area contributed by atoms with Gasteiger partial charge < -0.3 is 10.4 Å². The molecule has 0 radical (unpaired) electrons. The Morgan fingerprint density at radius 2 is 1.72 bits per heavy atom. The highest BCUT2D eigenvalue weighted by atomic mass is 16.3. The molecule has 4 heteroatoms. The third-order valence-corrected chi connectivity index (χ3v) is 4.79. The molecule has 1 unspecified atom stereocenters. The maximum atomic E-state index is 13.4. The van der Waals surface area contributed by atoms with E-state index in [1.807, 2.05) is 61.5 Å². The van der Waals surface area contributed by atoms with E-state index < -0.39 is 5.54 Å². The van der Waals surface area contributed by atoms with Crippen LogP contribution < -0.4 is 5.32 Å². The van der Waals surface area contributed by atoms with Crippen LogP contribution >= 0.6 is 0 Å². The van der Waals surface area contributed by atoms with Crippen molar-refractivity contribution >= 4 is 11.5 Å². The van der Waals surface area contributed by atoms with Gasteiger partial charge in [0.05, 0.1) is 12.1 Å². The van der Waals surface area contributed by atoms with Crippen molar-refractivity contribution in [1.29, 1.82) is 0 Å². The van der Waals surface area contributed by atoms with Crippen LogP contribution in [0.3, 0.4) is 0 Å². The van der Waals surface area contributed by atoms with Crippen LogP contribution in [0.4, 0.5) is 5.69 Å². The third kappa shape index (κ3) is 4.47. The van der Waals surface area contributed by atoms with Gasteiger partial charge in [-0.2, -0.15) is 0 Å². The number of Topliss-reactive ketones (excluding diaryl/α,β-unsaturated/α-hetero) is 1. The van der Waals surface area contributed by atoms with E-state index in [1.54, 1.807) is 0 Å². The molecule has 0 aliphatic carbocycles. The Morgan fingerprint density at radius 1 is 1.08 bits per heavy atom. The monoisotopic (exact) mass is 340 g/mol. The fourth-order valence-corrected chi connectivity index (χ4v) is 3.19. The van der Waals surface area contributed by atoms with Crippen LogP contribution in [0.5, 0.6) is 0 Å². The number of aliphatic hydroxyl groups is 1. The minimum Gasteiger partial charge on any atom is -0.395 e. The molecular formula is C21H28N2O2. The Labute approximate surface area is 150 Å². The average Bonchev–Trinajstić information content (AvgIpc) is 2.65. The zero-order valence-corrected chi connectivity index (χ0v) is 15.3. The van der Waals surface area contributed by atoms with Gasteiger partial charge in [-0.05, 0) is 56.8 Å². The van der Waals surface area contributed by atoms with Gasteiger partial charge in [-0.15, -0.1) is 0 Å². The molecule has 4 nitrogen and oxygen atoms in total. The summed E-state index contributed by atoms with van der Waals surface area (Å²) in [4.78, 5) is 15.4. The molecule has 25 heavy (non-hydrogen) atoms. The molecule has 0 spiro atoms. The quantitative estimate of drug-likeness (QED) is 0.688. The van der Waals surface area contributed by atoms with Crippen LogP contribution in [-0.2, 0) is 6.42 Å². The van der Waals surface area contributed by atoms with Crippen LogP contribution in [0.2, 0.25) is 0 Å². The van der Waals surface area contributed by atoms with Gasteiger partial charge in [-0.1, -0.05) is 37.3 Å². The van der Waals surface area contributed by atoms with E-state index in [2.05, 4.69) is 24.4 Å². The predicted molar refractivity (Wildman–Crippen MR) is 103 cm³/mol. The number of likely N-dealkylation sites (N-methyl/N-ethyl adjacent to an activating group) is 1. The number of benzene rings is 2. The first-order chi connectivity index (χ1) is 12.0. The van der Waals surface area contributed by atoms with Crippen LogP contribution in [0.1, 0.15) is 29.3 Å². The Bertz CT molecular complexity index is 668. The van der Waals surface area contributed by atoms with E-state index in [0.29, 0.717) is 18.5 Å². The summed E-state index contributed by atoms with van der Waals surface area (Å²) < 4.78 is 0. The molecule has 2 aromatic carbocycles. The molecule has 2 aromatic rings. The second kappa shape index (κ2) is 8.79. The first-order valence-corrected chi connectivity index (χ1v) is 8.74. The number of anilines is 1. The Hall–Kier alpha value is -2.17. The number of carbonyl (C=O) groups excluding carboxylic acids is 1. The minimum absolute atomic E-state index is 0.0807. The standard InChI is InChI=1S/C21H28N2O2/c1-4-21(23(2)3,16-17-8-6-5-7-9-17)20(25)18-10-12-19(13-11-18)22-14-15-24/h5-13,22,24H,4,14-16H2,1-3H3. The topological polar surface area (TPSA) is 52.6 Å². The molecule has 0 heterocycles. The molecule has 0 aliphatic heterocycles. The van der Waals surface area contributed by atoms with Gasteiger partial charge in [0.25, 0.3) is 0 Å². The molecule has 0 aromatic heterocycles. The lowest BCUT2D eigenvalue weighted by atomic mass is 9.80. The van der Waals surface area contributed by atoms with E-state index >= 15 is 0 Å². The fourth-order valence-electron chi connectivity index (χ4n) is 3.19. The number of ketones is 1. The van der Waals surface area contributed by atoms with Crippen LogP contribution in [0.25, 0.3) is 0 Å². The summed E-state index contributed by atoms with van der Waals surface area (Å²) >= 11 is 0. The van der Waals surface area contributed by atoms with Gasteiger partial charge in [-0.25, -0.2) is 0 Å². The van der Waals surface area contributed by atoms with Gasteiger partial charge in [0.1, 0.15) is 0 Å². The average molecular weight is 340 g/mol. The molecule has 0 bridgehead atoms. The number of carbonyl (C=O) groups is 1. The number of hydrogen-bond donors (Lipinski definition) is 2. The van der Waals surface area contributed by atoms with Gasteiger partial charge in [-0.3, -0.25) is 9.69 Å². The lowest BCUT2D eigenvalue weighted by molar-refractivity contribution is 0.0666. The SMILES string of the molecule is CCC(Cc1ccccc1)(C(=O)c1ccc(NCCO)cc1)N(C)C. The van der Waals surface area contributed by atoms with Crippen molar-refractivity contribution in [2.75, 3.05) is 32.6 Å². The molecule has 2 rings (SSSR count). The summed E-state index contributed by atoms with van der Waals surface area (Å²) in [5, 5.41) is 12.0. The van der Waals surface area contributed by atoms with Crippen LogP contribution in [0.15, 0.2) is 54.6 Å². The smallest absolute Gasteiger partial charge is 0.183 e. The number of hydrogen-bond acceptors (Lipinski definition) is 4. The van der Waals surface area contributed by atoms with E-state index in [9.17, 15) is 4.79 Å². The summed E-state index contributed by atoms with van der Waals surface area (Å²) in [5.41, 5.74) is 2.20. The fraction of sp³-hybridized carbons (Fsp3) is 0.381. The number of aliphatic hydroxyl groups excluding tert-OH is 1. The number of nitrogens with zero attached hydrogens (tertiary/aromatic N) is 1. The molecular weight excluding hydrogens is 312 g/mol.